The average Bonchev–Trinajstić information content (AvgIpc) is 2.60. The largest absolute Gasteiger partial charge is 0.334 e. The van der Waals surface area contributed by atoms with Crippen molar-refractivity contribution in [2.24, 2.45) is 0 Å². The van der Waals surface area contributed by atoms with Gasteiger partial charge in [-0.15, -0.1) is 0 Å². The minimum atomic E-state index is 0.890. The van der Waals surface area contributed by atoms with Gasteiger partial charge in [0, 0.05) is 18.9 Å². The molecule has 74 valence electrons. The normalized spacial score (nSPS) is 10.6. The van der Waals surface area contributed by atoms with Gasteiger partial charge in [-0.2, -0.15) is 0 Å². The summed E-state index contributed by atoms with van der Waals surface area (Å²) in [4.78, 5) is 4.29. The predicted molar refractivity (Wildman–Crippen MR) is 54.5 cm³/mol. The van der Waals surface area contributed by atoms with Gasteiger partial charge >= 0.3 is 0 Å². The van der Waals surface area contributed by atoms with E-state index in [2.05, 4.69) is 28.7 Å². The van der Waals surface area contributed by atoms with Gasteiger partial charge in [-0.3, -0.25) is 0 Å². The summed E-state index contributed by atoms with van der Waals surface area (Å²) in [6, 6.07) is 0. The number of aryl methyl sites for hydroxylation is 1. The Balaban J connectivity index is 2.27. The molecule has 0 radical (unpaired) electrons. The molecule has 0 aromatic carbocycles. The van der Waals surface area contributed by atoms with Crippen molar-refractivity contribution in [2.45, 2.75) is 39.8 Å². The minimum Gasteiger partial charge on any atom is -0.334 e. The maximum atomic E-state index is 4.29. The van der Waals surface area contributed by atoms with Crippen molar-refractivity contribution in [1.82, 2.24) is 14.9 Å². The second-order valence-corrected chi connectivity index (χ2v) is 3.16. The van der Waals surface area contributed by atoms with E-state index in [1.54, 1.807) is 0 Å². The number of nitrogens with one attached hydrogen (secondary N) is 1. The van der Waals surface area contributed by atoms with Crippen molar-refractivity contribution < 1.29 is 0 Å². The van der Waals surface area contributed by atoms with Crippen LogP contribution in [0.5, 0.6) is 0 Å². The van der Waals surface area contributed by atoms with Gasteiger partial charge in [-0.25, -0.2) is 4.98 Å². The molecule has 0 amide bonds. The number of hydrogen-bond acceptors (Lipinski definition) is 2. The number of aromatic nitrogens is 2. The molecule has 0 aliphatic carbocycles. The number of imidazole rings is 1. The van der Waals surface area contributed by atoms with Crippen LogP contribution in [0.4, 0.5) is 0 Å². The molecular formula is C10H19N3. The van der Waals surface area contributed by atoms with Crippen LogP contribution in [0.15, 0.2) is 12.4 Å². The molecule has 1 aromatic rings. The third kappa shape index (κ3) is 3.19. The zero-order chi connectivity index (χ0) is 9.52. The Bertz CT molecular complexity index is 230. The van der Waals surface area contributed by atoms with Crippen molar-refractivity contribution in [2.75, 3.05) is 6.54 Å². The monoisotopic (exact) mass is 181 g/mol. The number of unbranched alkanes of at least 4 members (excludes halogenated alkanes) is 1. The van der Waals surface area contributed by atoms with E-state index in [1.807, 2.05) is 12.4 Å². The van der Waals surface area contributed by atoms with Gasteiger partial charge < -0.3 is 9.88 Å². The SMILES string of the molecule is CCCCNCc1nccn1CC. The standard InChI is InChI=1S/C10H19N3/c1-3-5-6-11-9-10-12-7-8-13(10)4-2/h7-8,11H,3-6,9H2,1-2H3. The molecule has 1 rings (SSSR count). The molecule has 0 bridgehead atoms. The molecule has 1 heterocycles. The summed E-state index contributed by atoms with van der Waals surface area (Å²) in [5, 5.41) is 3.38. The molecule has 13 heavy (non-hydrogen) atoms. The van der Waals surface area contributed by atoms with Crippen LogP contribution in [0.1, 0.15) is 32.5 Å². The van der Waals surface area contributed by atoms with Crippen LogP contribution < -0.4 is 5.32 Å². The average molecular weight is 181 g/mol. The van der Waals surface area contributed by atoms with Crippen LogP contribution in [0.2, 0.25) is 0 Å². The Morgan fingerprint density at radius 2 is 2.31 bits per heavy atom. The lowest BCUT2D eigenvalue weighted by Crippen LogP contribution is -2.17. The van der Waals surface area contributed by atoms with Crippen molar-refractivity contribution >= 4 is 0 Å². The van der Waals surface area contributed by atoms with Gasteiger partial charge in [0.25, 0.3) is 0 Å². The molecule has 3 heteroatoms. The summed E-state index contributed by atoms with van der Waals surface area (Å²) in [5.41, 5.74) is 0. The molecule has 0 unspecified atom stereocenters. The zero-order valence-electron chi connectivity index (χ0n) is 8.58. The summed E-state index contributed by atoms with van der Waals surface area (Å²) < 4.78 is 2.17. The highest BCUT2D eigenvalue weighted by atomic mass is 15.1. The highest BCUT2D eigenvalue weighted by Gasteiger charge is 1.98. The summed E-state index contributed by atoms with van der Waals surface area (Å²) >= 11 is 0. The second-order valence-electron chi connectivity index (χ2n) is 3.16. The highest BCUT2D eigenvalue weighted by molar-refractivity contribution is 4.91. The molecule has 0 saturated heterocycles. The number of rotatable bonds is 6. The quantitative estimate of drug-likeness (QED) is 0.678. The first-order valence-electron chi connectivity index (χ1n) is 5.09. The summed E-state index contributed by atoms with van der Waals surface area (Å²) in [6.45, 7) is 7.32. The lowest BCUT2D eigenvalue weighted by molar-refractivity contribution is 0.592. The molecular weight excluding hydrogens is 162 g/mol. The second kappa shape index (κ2) is 5.75. The van der Waals surface area contributed by atoms with E-state index >= 15 is 0 Å². The predicted octanol–water partition coefficient (Wildman–Crippen LogP) is 1.79. The molecule has 3 nitrogen and oxygen atoms in total. The Hall–Kier alpha value is -0.830. The summed E-state index contributed by atoms with van der Waals surface area (Å²) in [6.07, 6.45) is 6.37. The van der Waals surface area contributed by atoms with Crippen molar-refractivity contribution in [1.29, 1.82) is 0 Å². The molecule has 0 atom stereocenters. The lowest BCUT2D eigenvalue weighted by Gasteiger charge is -2.05. The lowest BCUT2D eigenvalue weighted by atomic mass is 10.3. The molecule has 1 N–H and O–H groups in total. The highest BCUT2D eigenvalue weighted by Crippen LogP contribution is 1.96. The summed E-state index contributed by atoms with van der Waals surface area (Å²) in [5.74, 6) is 1.14. The van der Waals surface area contributed by atoms with Crippen LogP contribution in [-0.4, -0.2) is 16.1 Å². The first kappa shape index (κ1) is 10.3. The van der Waals surface area contributed by atoms with Gasteiger partial charge in [-0.1, -0.05) is 13.3 Å². The van der Waals surface area contributed by atoms with E-state index in [9.17, 15) is 0 Å². The number of nitrogens with zero attached hydrogens (tertiary/aromatic N) is 2. The van der Waals surface area contributed by atoms with Crippen LogP contribution in [0.3, 0.4) is 0 Å². The van der Waals surface area contributed by atoms with E-state index < -0.39 is 0 Å². The molecule has 0 spiro atoms. The van der Waals surface area contributed by atoms with Crippen LogP contribution in [-0.2, 0) is 13.1 Å². The van der Waals surface area contributed by atoms with Crippen molar-refractivity contribution in [3.63, 3.8) is 0 Å². The fourth-order valence-electron chi connectivity index (χ4n) is 1.30. The third-order valence-electron chi connectivity index (χ3n) is 2.13. The maximum Gasteiger partial charge on any atom is 0.122 e. The molecule has 0 aliphatic heterocycles. The topological polar surface area (TPSA) is 29.9 Å². The Kier molecular flexibility index (Phi) is 4.54. The van der Waals surface area contributed by atoms with Gasteiger partial charge in [0.2, 0.25) is 0 Å². The van der Waals surface area contributed by atoms with Gasteiger partial charge in [0.15, 0.2) is 0 Å². The third-order valence-corrected chi connectivity index (χ3v) is 2.13. The Labute approximate surface area is 80.2 Å². The van der Waals surface area contributed by atoms with E-state index in [-0.39, 0.29) is 0 Å². The van der Waals surface area contributed by atoms with Crippen LogP contribution in [0, 0.1) is 0 Å². The smallest absolute Gasteiger partial charge is 0.122 e. The van der Waals surface area contributed by atoms with Gasteiger partial charge in [0.1, 0.15) is 5.82 Å². The molecule has 0 fully saturated rings. The minimum absolute atomic E-state index is 0.890. The molecule has 0 aliphatic rings. The number of hydrogen-bond donors (Lipinski definition) is 1. The first-order chi connectivity index (χ1) is 6.38. The Morgan fingerprint density at radius 3 is 3.00 bits per heavy atom. The van der Waals surface area contributed by atoms with E-state index in [0.717, 1.165) is 25.5 Å². The van der Waals surface area contributed by atoms with Crippen LogP contribution >= 0.6 is 0 Å². The van der Waals surface area contributed by atoms with E-state index in [0.29, 0.717) is 0 Å². The fraction of sp³-hybridized carbons (Fsp3) is 0.700. The van der Waals surface area contributed by atoms with Crippen molar-refractivity contribution in [3.8, 4) is 0 Å². The van der Waals surface area contributed by atoms with E-state index in [4.69, 9.17) is 0 Å². The molecule has 0 saturated carbocycles. The van der Waals surface area contributed by atoms with Crippen LogP contribution in [0.25, 0.3) is 0 Å². The first-order valence-corrected chi connectivity index (χ1v) is 5.09. The van der Waals surface area contributed by atoms with Gasteiger partial charge in [-0.05, 0) is 19.9 Å². The van der Waals surface area contributed by atoms with Crippen molar-refractivity contribution in [3.05, 3.63) is 18.2 Å². The Morgan fingerprint density at radius 1 is 1.46 bits per heavy atom. The maximum absolute atomic E-state index is 4.29. The fourth-order valence-corrected chi connectivity index (χ4v) is 1.30. The molecule has 1 aromatic heterocycles. The zero-order valence-corrected chi connectivity index (χ0v) is 8.58. The van der Waals surface area contributed by atoms with Gasteiger partial charge in [0.05, 0.1) is 6.54 Å². The summed E-state index contributed by atoms with van der Waals surface area (Å²) in [7, 11) is 0. The van der Waals surface area contributed by atoms with E-state index in [1.165, 1.54) is 12.8 Å².